The van der Waals surface area contributed by atoms with Crippen LogP contribution >= 0.6 is 0 Å². The summed E-state index contributed by atoms with van der Waals surface area (Å²) in [6.45, 7) is 4.33. The van der Waals surface area contributed by atoms with E-state index >= 15 is 0 Å². The number of rotatable bonds is 5. The predicted molar refractivity (Wildman–Crippen MR) is 58.7 cm³/mol. The van der Waals surface area contributed by atoms with Crippen LogP contribution in [-0.4, -0.2) is 61.2 Å². The molecule has 1 aliphatic heterocycles. The van der Waals surface area contributed by atoms with Crippen LogP contribution in [0, 0.1) is 5.41 Å². The molecule has 0 aromatic carbocycles. The molecule has 0 aromatic rings. The molecule has 4 heteroatoms. The SMILES string of the molecule is CN(CC(C)(CO)CO)C1CCOCC1. The highest BCUT2D eigenvalue weighted by Crippen LogP contribution is 2.20. The minimum Gasteiger partial charge on any atom is -0.396 e. The molecule has 1 fully saturated rings. The summed E-state index contributed by atoms with van der Waals surface area (Å²) in [4.78, 5) is 2.23. The fraction of sp³-hybridized carbons (Fsp3) is 1.00. The molecule has 0 saturated carbocycles. The van der Waals surface area contributed by atoms with Gasteiger partial charge in [-0.1, -0.05) is 6.92 Å². The van der Waals surface area contributed by atoms with E-state index in [9.17, 15) is 10.2 Å². The average molecular weight is 217 g/mol. The third-order valence-electron chi connectivity index (χ3n) is 3.21. The van der Waals surface area contributed by atoms with E-state index in [1.54, 1.807) is 0 Å². The standard InChI is InChI=1S/C11H23NO3/c1-11(8-13,9-14)7-12(2)10-3-5-15-6-4-10/h10,13-14H,3-9H2,1-2H3. The average Bonchev–Trinajstić information content (AvgIpc) is 2.30. The van der Waals surface area contributed by atoms with Crippen molar-refractivity contribution < 1.29 is 14.9 Å². The lowest BCUT2D eigenvalue weighted by Gasteiger charge is -2.37. The second-order valence-electron chi connectivity index (χ2n) is 4.89. The van der Waals surface area contributed by atoms with Crippen molar-refractivity contribution in [1.82, 2.24) is 4.90 Å². The first-order valence-electron chi connectivity index (χ1n) is 5.61. The summed E-state index contributed by atoms with van der Waals surface area (Å²) in [6.07, 6.45) is 2.09. The lowest BCUT2D eigenvalue weighted by Crippen LogP contribution is -2.45. The summed E-state index contributed by atoms with van der Waals surface area (Å²) in [5.41, 5.74) is -0.396. The van der Waals surface area contributed by atoms with Crippen LogP contribution < -0.4 is 0 Å². The van der Waals surface area contributed by atoms with Gasteiger partial charge in [-0.25, -0.2) is 0 Å². The minimum atomic E-state index is -0.396. The molecule has 0 aliphatic carbocycles. The molecule has 1 heterocycles. The number of ether oxygens (including phenoxy) is 1. The summed E-state index contributed by atoms with van der Waals surface area (Å²) in [6, 6.07) is 0.524. The Morgan fingerprint density at radius 2 is 1.80 bits per heavy atom. The van der Waals surface area contributed by atoms with Gasteiger partial charge in [0, 0.05) is 31.2 Å². The molecule has 0 radical (unpaired) electrons. The van der Waals surface area contributed by atoms with E-state index in [1.165, 1.54) is 0 Å². The van der Waals surface area contributed by atoms with Gasteiger partial charge in [0.05, 0.1) is 13.2 Å². The van der Waals surface area contributed by atoms with Gasteiger partial charge in [-0.3, -0.25) is 0 Å². The van der Waals surface area contributed by atoms with Crippen LogP contribution in [-0.2, 0) is 4.74 Å². The van der Waals surface area contributed by atoms with Crippen molar-refractivity contribution in [3.8, 4) is 0 Å². The molecule has 1 rings (SSSR count). The maximum atomic E-state index is 9.22. The first-order valence-corrected chi connectivity index (χ1v) is 5.61. The van der Waals surface area contributed by atoms with Crippen molar-refractivity contribution in [3.63, 3.8) is 0 Å². The maximum absolute atomic E-state index is 9.22. The van der Waals surface area contributed by atoms with Crippen molar-refractivity contribution in [2.45, 2.75) is 25.8 Å². The number of hydrogen-bond donors (Lipinski definition) is 2. The van der Waals surface area contributed by atoms with Crippen molar-refractivity contribution in [2.24, 2.45) is 5.41 Å². The number of nitrogens with zero attached hydrogens (tertiary/aromatic N) is 1. The van der Waals surface area contributed by atoms with Gasteiger partial charge < -0.3 is 19.8 Å². The topological polar surface area (TPSA) is 52.9 Å². The molecule has 90 valence electrons. The second-order valence-corrected chi connectivity index (χ2v) is 4.89. The Morgan fingerprint density at radius 3 is 2.27 bits per heavy atom. The highest BCUT2D eigenvalue weighted by Gasteiger charge is 2.28. The van der Waals surface area contributed by atoms with Crippen LogP contribution in [0.4, 0.5) is 0 Å². The van der Waals surface area contributed by atoms with Gasteiger partial charge in [0.2, 0.25) is 0 Å². The fourth-order valence-electron chi connectivity index (χ4n) is 2.01. The molecule has 0 atom stereocenters. The number of aliphatic hydroxyl groups is 2. The van der Waals surface area contributed by atoms with Crippen molar-refractivity contribution >= 4 is 0 Å². The molecule has 15 heavy (non-hydrogen) atoms. The lowest BCUT2D eigenvalue weighted by molar-refractivity contribution is 0.0000153. The van der Waals surface area contributed by atoms with E-state index in [1.807, 2.05) is 6.92 Å². The van der Waals surface area contributed by atoms with E-state index in [2.05, 4.69) is 11.9 Å². The third kappa shape index (κ3) is 3.72. The second kappa shape index (κ2) is 5.80. The molecular formula is C11H23NO3. The zero-order valence-corrected chi connectivity index (χ0v) is 9.78. The number of hydrogen-bond acceptors (Lipinski definition) is 4. The quantitative estimate of drug-likeness (QED) is 0.685. The van der Waals surface area contributed by atoms with E-state index in [0.717, 1.165) is 32.6 Å². The molecule has 0 aromatic heterocycles. The Kier molecular flexibility index (Phi) is 4.99. The largest absolute Gasteiger partial charge is 0.396 e. The summed E-state index contributed by atoms with van der Waals surface area (Å²) >= 11 is 0. The maximum Gasteiger partial charge on any atom is 0.0519 e. The van der Waals surface area contributed by atoms with Gasteiger partial charge in [-0.15, -0.1) is 0 Å². The summed E-state index contributed by atoms with van der Waals surface area (Å²) in [5.74, 6) is 0. The van der Waals surface area contributed by atoms with Crippen LogP contribution in [0.3, 0.4) is 0 Å². The zero-order chi connectivity index (χ0) is 11.3. The Morgan fingerprint density at radius 1 is 1.27 bits per heavy atom. The summed E-state index contributed by atoms with van der Waals surface area (Å²) in [5, 5.41) is 18.4. The van der Waals surface area contributed by atoms with E-state index in [0.29, 0.717) is 6.04 Å². The van der Waals surface area contributed by atoms with Crippen LogP contribution in [0.2, 0.25) is 0 Å². The molecular weight excluding hydrogens is 194 g/mol. The summed E-state index contributed by atoms with van der Waals surface area (Å²) in [7, 11) is 2.06. The third-order valence-corrected chi connectivity index (χ3v) is 3.21. The Hall–Kier alpha value is -0.160. The van der Waals surface area contributed by atoms with Gasteiger partial charge in [0.15, 0.2) is 0 Å². The van der Waals surface area contributed by atoms with Gasteiger partial charge >= 0.3 is 0 Å². The monoisotopic (exact) mass is 217 g/mol. The fourth-order valence-corrected chi connectivity index (χ4v) is 2.01. The lowest BCUT2D eigenvalue weighted by atomic mass is 9.91. The summed E-state index contributed by atoms with van der Waals surface area (Å²) < 4.78 is 5.31. The normalized spacial score (nSPS) is 19.8. The molecule has 0 bridgehead atoms. The Balaban J connectivity index is 2.41. The molecule has 0 spiro atoms. The molecule has 2 N–H and O–H groups in total. The van der Waals surface area contributed by atoms with Crippen LogP contribution in [0.5, 0.6) is 0 Å². The number of aliphatic hydroxyl groups excluding tert-OH is 2. The van der Waals surface area contributed by atoms with Gasteiger partial charge in [0.1, 0.15) is 0 Å². The molecule has 1 saturated heterocycles. The van der Waals surface area contributed by atoms with Gasteiger partial charge in [0.25, 0.3) is 0 Å². The van der Waals surface area contributed by atoms with Gasteiger partial charge in [-0.2, -0.15) is 0 Å². The highest BCUT2D eigenvalue weighted by molar-refractivity contribution is 4.80. The van der Waals surface area contributed by atoms with E-state index in [-0.39, 0.29) is 13.2 Å². The van der Waals surface area contributed by atoms with Crippen LogP contribution in [0.1, 0.15) is 19.8 Å². The Labute approximate surface area is 91.8 Å². The van der Waals surface area contributed by atoms with E-state index in [4.69, 9.17) is 4.74 Å². The van der Waals surface area contributed by atoms with Crippen LogP contribution in [0.25, 0.3) is 0 Å². The Bertz CT molecular complexity index is 177. The van der Waals surface area contributed by atoms with Crippen molar-refractivity contribution in [2.75, 3.05) is 40.0 Å². The zero-order valence-electron chi connectivity index (χ0n) is 9.78. The smallest absolute Gasteiger partial charge is 0.0519 e. The molecule has 0 amide bonds. The van der Waals surface area contributed by atoms with Gasteiger partial charge in [-0.05, 0) is 19.9 Å². The van der Waals surface area contributed by atoms with E-state index < -0.39 is 5.41 Å². The highest BCUT2D eigenvalue weighted by atomic mass is 16.5. The minimum absolute atomic E-state index is 0.0249. The predicted octanol–water partition coefficient (Wildman–Crippen LogP) is 0.0881. The molecule has 4 nitrogen and oxygen atoms in total. The molecule has 0 unspecified atom stereocenters. The van der Waals surface area contributed by atoms with Crippen LogP contribution in [0.15, 0.2) is 0 Å². The first-order chi connectivity index (χ1) is 7.11. The van der Waals surface area contributed by atoms with Crippen molar-refractivity contribution in [3.05, 3.63) is 0 Å². The first kappa shape index (κ1) is 12.9. The van der Waals surface area contributed by atoms with Crippen molar-refractivity contribution in [1.29, 1.82) is 0 Å². The molecule has 1 aliphatic rings.